The predicted molar refractivity (Wildman–Crippen MR) is 67.1 cm³/mol. The third-order valence-corrected chi connectivity index (χ3v) is 2.80. The molecule has 0 saturated carbocycles. The number of benzene rings is 1. The summed E-state index contributed by atoms with van der Waals surface area (Å²) in [4.78, 5) is 0. The van der Waals surface area contributed by atoms with E-state index in [1.807, 2.05) is 25.1 Å². The number of nitrogens with zero attached hydrogens (tertiary/aromatic N) is 3. The summed E-state index contributed by atoms with van der Waals surface area (Å²) in [5, 5.41) is 8.10. The molecule has 6 nitrogen and oxygen atoms in total. The van der Waals surface area contributed by atoms with Crippen LogP contribution in [0.5, 0.6) is 11.5 Å². The third-order valence-electron chi connectivity index (χ3n) is 2.80. The van der Waals surface area contributed by atoms with E-state index in [-0.39, 0.29) is 0 Å². The summed E-state index contributed by atoms with van der Waals surface area (Å²) >= 11 is 0. The third kappa shape index (κ3) is 2.02. The Morgan fingerprint density at radius 1 is 1.22 bits per heavy atom. The molecule has 0 bridgehead atoms. The first-order valence-corrected chi connectivity index (χ1v) is 5.55. The predicted octanol–water partition coefficient (Wildman–Crippen LogP) is 1.05. The molecule has 0 saturated heterocycles. The van der Waals surface area contributed by atoms with Crippen molar-refractivity contribution in [2.45, 2.75) is 13.5 Å². The van der Waals surface area contributed by atoms with Gasteiger partial charge in [0, 0.05) is 12.6 Å². The van der Waals surface area contributed by atoms with E-state index in [9.17, 15) is 0 Å². The Bertz CT molecular complexity index is 551. The molecule has 0 radical (unpaired) electrons. The highest BCUT2D eigenvalue weighted by molar-refractivity contribution is 5.49. The van der Waals surface area contributed by atoms with E-state index in [1.54, 1.807) is 18.9 Å². The standard InChI is InChI=1S/C12H16N4O2/c1-8-10(7-13)14-15-16(8)9-4-5-11(17-2)12(6-9)18-3/h4-6H,7,13H2,1-3H3. The van der Waals surface area contributed by atoms with Crippen LogP contribution in [0.2, 0.25) is 0 Å². The lowest BCUT2D eigenvalue weighted by Gasteiger charge is -2.10. The van der Waals surface area contributed by atoms with Crippen LogP contribution in [0.1, 0.15) is 11.4 Å². The van der Waals surface area contributed by atoms with Crippen molar-refractivity contribution in [2.24, 2.45) is 5.73 Å². The fourth-order valence-corrected chi connectivity index (χ4v) is 1.75. The van der Waals surface area contributed by atoms with Gasteiger partial charge in [-0.05, 0) is 19.1 Å². The number of aromatic nitrogens is 3. The lowest BCUT2D eigenvalue weighted by Crippen LogP contribution is -2.02. The van der Waals surface area contributed by atoms with Crippen LogP contribution in [-0.2, 0) is 6.54 Å². The number of hydrogen-bond acceptors (Lipinski definition) is 5. The highest BCUT2D eigenvalue weighted by atomic mass is 16.5. The highest BCUT2D eigenvalue weighted by Crippen LogP contribution is 2.29. The summed E-state index contributed by atoms with van der Waals surface area (Å²) in [7, 11) is 3.20. The summed E-state index contributed by atoms with van der Waals surface area (Å²) in [5.41, 5.74) is 8.15. The van der Waals surface area contributed by atoms with Crippen molar-refractivity contribution in [2.75, 3.05) is 14.2 Å². The monoisotopic (exact) mass is 248 g/mol. The highest BCUT2D eigenvalue weighted by Gasteiger charge is 2.11. The Morgan fingerprint density at radius 2 is 1.94 bits per heavy atom. The lowest BCUT2D eigenvalue weighted by molar-refractivity contribution is 0.354. The molecular formula is C12H16N4O2. The van der Waals surface area contributed by atoms with Gasteiger partial charge in [0.2, 0.25) is 0 Å². The van der Waals surface area contributed by atoms with E-state index in [2.05, 4.69) is 10.3 Å². The molecule has 0 aliphatic rings. The minimum Gasteiger partial charge on any atom is -0.493 e. The molecule has 1 heterocycles. The molecule has 0 unspecified atom stereocenters. The molecule has 0 fully saturated rings. The fourth-order valence-electron chi connectivity index (χ4n) is 1.75. The van der Waals surface area contributed by atoms with Crippen molar-refractivity contribution in [1.82, 2.24) is 15.0 Å². The zero-order valence-electron chi connectivity index (χ0n) is 10.7. The molecule has 0 atom stereocenters. The summed E-state index contributed by atoms with van der Waals surface area (Å²) in [6, 6.07) is 5.57. The number of methoxy groups -OCH3 is 2. The van der Waals surface area contributed by atoms with E-state index in [0.717, 1.165) is 17.1 Å². The topological polar surface area (TPSA) is 75.2 Å². The summed E-state index contributed by atoms with van der Waals surface area (Å²) < 4.78 is 12.2. The fraction of sp³-hybridized carbons (Fsp3) is 0.333. The summed E-state index contributed by atoms with van der Waals surface area (Å²) in [6.45, 7) is 2.30. The molecule has 0 amide bonds. The zero-order chi connectivity index (χ0) is 13.1. The molecule has 0 spiro atoms. The average molecular weight is 248 g/mol. The maximum atomic E-state index is 5.58. The van der Waals surface area contributed by atoms with Gasteiger partial charge in [0.1, 0.15) is 0 Å². The normalized spacial score (nSPS) is 10.4. The van der Waals surface area contributed by atoms with Gasteiger partial charge in [0.15, 0.2) is 11.5 Å². The van der Waals surface area contributed by atoms with Gasteiger partial charge >= 0.3 is 0 Å². The van der Waals surface area contributed by atoms with Crippen LogP contribution in [-0.4, -0.2) is 29.2 Å². The Balaban J connectivity index is 2.47. The van der Waals surface area contributed by atoms with E-state index < -0.39 is 0 Å². The van der Waals surface area contributed by atoms with E-state index >= 15 is 0 Å². The summed E-state index contributed by atoms with van der Waals surface area (Å²) in [5.74, 6) is 1.33. The molecule has 2 aromatic rings. The Hall–Kier alpha value is -2.08. The second-order valence-electron chi connectivity index (χ2n) is 3.78. The van der Waals surface area contributed by atoms with Crippen LogP contribution < -0.4 is 15.2 Å². The molecule has 96 valence electrons. The minimum atomic E-state index is 0.374. The van der Waals surface area contributed by atoms with Crippen LogP contribution >= 0.6 is 0 Å². The number of rotatable bonds is 4. The SMILES string of the molecule is COc1ccc(-n2nnc(CN)c2C)cc1OC. The first-order valence-electron chi connectivity index (χ1n) is 5.55. The lowest BCUT2D eigenvalue weighted by atomic mass is 10.2. The van der Waals surface area contributed by atoms with Crippen LogP contribution in [0.4, 0.5) is 0 Å². The van der Waals surface area contributed by atoms with Crippen molar-refractivity contribution >= 4 is 0 Å². The van der Waals surface area contributed by atoms with Crippen molar-refractivity contribution in [1.29, 1.82) is 0 Å². The Morgan fingerprint density at radius 3 is 2.50 bits per heavy atom. The van der Waals surface area contributed by atoms with Crippen LogP contribution in [0, 0.1) is 6.92 Å². The van der Waals surface area contributed by atoms with Gasteiger partial charge in [-0.1, -0.05) is 5.21 Å². The van der Waals surface area contributed by atoms with Gasteiger partial charge < -0.3 is 15.2 Å². The van der Waals surface area contributed by atoms with Gasteiger partial charge in [0.05, 0.1) is 31.3 Å². The second-order valence-corrected chi connectivity index (χ2v) is 3.78. The molecule has 1 aromatic heterocycles. The van der Waals surface area contributed by atoms with Gasteiger partial charge in [-0.3, -0.25) is 0 Å². The maximum Gasteiger partial charge on any atom is 0.162 e. The molecule has 6 heteroatoms. The number of ether oxygens (including phenoxy) is 2. The van der Waals surface area contributed by atoms with Gasteiger partial charge in [-0.2, -0.15) is 0 Å². The number of hydrogen-bond donors (Lipinski definition) is 1. The van der Waals surface area contributed by atoms with Crippen molar-refractivity contribution in [3.63, 3.8) is 0 Å². The van der Waals surface area contributed by atoms with Gasteiger partial charge in [0.25, 0.3) is 0 Å². The smallest absolute Gasteiger partial charge is 0.162 e. The average Bonchev–Trinajstić information content (AvgIpc) is 2.79. The number of nitrogens with two attached hydrogens (primary N) is 1. The Labute approximate surface area is 105 Å². The molecule has 2 rings (SSSR count). The van der Waals surface area contributed by atoms with Crippen molar-refractivity contribution in [3.05, 3.63) is 29.6 Å². The van der Waals surface area contributed by atoms with Crippen molar-refractivity contribution in [3.8, 4) is 17.2 Å². The molecular weight excluding hydrogens is 232 g/mol. The molecule has 0 aliphatic heterocycles. The largest absolute Gasteiger partial charge is 0.493 e. The van der Waals surface area contributed by atoms with Crippen molar-refractivity contribution < 1.29 is 9.47 Å². The van der Waals surface area contributed by atoms with Gasteiger partial charge in [-0.15, -0.1) is 5.10 Å². The molecule has 18 heavy (non-hydrogen) atoms. The van der Waals surface area contributed by atoms with Crippen LogP contribution in [0.15, 0.2) is 18.2 Å². The quantitative estimate of drug-likeness (QED) is 0.875. The first kappa shape index (κ1) is 12.4. The molecule has 2 N–H and O–H groups in total. The summed E-state index contributed by atoms with van der Waals surface area (Å²) in [6.07, 6.45) is 0. The molecule has 0 aliphatic carbocycles. The Kier molecular flexibility index (Phi) is 3.47. The van der Waals surface area contributed by atoms with Gasteiger partial charge in [-0.25, -0.2) is 4.68 Å². The van der Waals surface area contributed by atoms with Crippen LogP contribution in [0.25, 0.3) is 5.69 Å². The molecule has 1 aromatic carbocycles. The van der Waals surface area contributed by atoms with E-state index in [1.165, 1.54) is 0 Å². The van der Waals surface area contributed by atoms with E-state index in [0.29, 0.717) is 18.0 Å². The van der Waals surface area contributed by atoms with E-state index in [4.69, 9.17) is 15.2 Å². The second kappa shape index (κ2) is 5.05. The zero-order valence-corrected chi connectivity index (χ0v) is 10.7. The first-order chi connectivity index (χ1) is 8.71. The van der Waals surface area contributed by atoms with Crippen LogP contribution in [0.3, 0.4) is 0 Å². The maximum absolute atomic E-state index is 5.58. The minimum absolute atomic E-state index is 0.374.